The number of nitrogens with zero attached hydrogens (tertiary/aromatic N) is 2. The molecule has 1 aromatic heterocycles. The summed E-state index contributed by atoms with van der Waals surface area (Å²) >= 11 is 0. The van der Waals surface area contributed by atoms with Crippen LogP contribution in [0.2, 0.25) is 0 Å². The lowest BCUT2D eigenvalue weighted by molar-refractivity contribution is -0.116. The molecule has 0 spiro atoms. The summed E-state index contributed by atoms with van der Waals surface area (Å²) in [4.78, 5) is 20.2. The minimum atomic E-state index is -0.0266. The van der Waals surface area contributed by atoms with E-state index in [0.717, 1.165) is 11.1 Å². The van der Waals surface area contributed by atoms with Crippen molar-refractivity contribution in [3.8, 4) is 5.88 Å². The van der Waals surface area contributed by atoms with Crippen molar-refractivity contribution in [3.63, 3.8) is 0 Å². The second-order valence-electron chi connectivity index (χ2n) is 4.71. The summed E-state index contributed by atoms with van der Waals surface area (Å²) in [5.74, 6) is 1.55. The van der Waals surface area contributed by atoms with Crippen LogP contribution in [-0.2, 0) is 11.2 Å². The fourth-order valence-corrected chi connectivity index (χ4v) is 2.22. The van der Waals surface area contributed by atoms with Crippen LogP contribution in [0.5, 0.6) is 5.88 Å². The largest absolute Gasteiger partial charge is 0.481 e. The summed E-state index contributed by atoms with van der Waals surface area (Å²) in [6, 6.07) is 9.88. The van der Waals surface area contributed by atoms with E-state index in [1.807, 2.05) is 36.4 Å². The van der Waals surface area contributed by atoms with Crippen LogP contribution in [0.25, 0.3) is 12.2 Å². The number of methoxy groups -OCH3 is 1. The SMILES string of the molecule is COc1nc(C=Cc2ccccc2)nc2c1CCC(=O)N2. The van der Waals surface area contributed by atoms with Gasteiger partial charge in [-0.05, 0) is 18.1 Å². The molecular formula is C16H15N3O2. The molecule has 21 heavy (non-hydrogen) atoms. The van der Waals surface area contributed by atoms with Crippen LogP contribution in [0, 0.1) is 0 Å². The summed E-state index contributed by atoms with van der Waals surface area (Å²) in [6.45, 7) is 0. The average Bonchev–Trinajstić information content (AvgIpc) is 2.52. The minimum Gasteiger partial charge on any atom is -0.481 e. The van der Waals surface area contributed by atoms with Gasteiger partial charge in [0.2, 0.25) is 11.8 Å². The molecule has 0 bridgehead atoms. The summed E-state index contributed by atoms with van der Waals surface area (Å²) in [6.07, 6.45) is 4.77. The molecule has 0 saturated heterocycles. The van der Waals surface area contributed by atoms with Gasteiger partial charge in [0.05, 0.1) is 12.7 Å². The summed E-state index contributed by atoms with van der Waals surface area (Å²) in [7, 11) is 1.57. The predicted molar refractivity (Wildman–Crippen MR) is 80.9 cm³/mol. The first-order valence-electron chi connectivity index (χ1n) is 6.74. The second-order valence-corrected chi connectivity index (χ2v) is 4.71. The van der Waals surface area contributed by atoms with Crippen molar-refractivity contribution in [2.45, 2.75) is 12.8 Å². The van der Waals surface area contributed by atoms with E-state index in [9.17, 15) is 4.79 Å². The van der Waals surface area contributed by atoms with E-state index in [1.165, 1.54) is 0 Å². The van der Waals surface area contributed by atoms with E-state index in [1.54, 1.807) is 13.2 Å². The van der Waals surface area contributed by atoms with Gasteiger partial charge in [0.25, 0.3) is 0 Å². The van der Waals surface area contributed by atoms with E-state index in [0.29, 0.717) is 30.4 Å². The average molecular weight is 281 g/mol. The molecule has 0 unspecified atom stereocenters. The zero-order valence-electron chi connectivity index (χ0n) is 11.7. The molecule has 1 aliphatic rings. The molecular weight excluding hydrogens is 266 g/mol. The fourth-order valence-electron chi connectivity index (χ4n) is 2.22. The molecule has 0 fully saturated rings. The number of hydrogen-bond acceptors (Lipinski definition) is 4. The standard InChI is InChI=1S/C16H15N3O2/c1-21-16-12-8-10-14(20)19-15(12)17-13(18-16)9-7-11-5-3-2-4-6-11/h2-7,9H,8,10H2,1H3,(H,17,18,19,20). The van der Waals surface area contributed by atoms with Gasteiger partial charge >= 0.3 is 0 Å². The molecule has 1 N–H and O–H groups in total. The first kappa shape index (κ1) is 13.3. The van der Waals surface area contributed by atoms with Crippen molar-refractivity contribution in [2.75, 3.05) is 12.4 Å². The van der Waals surface area contributed by atoms with E-state index < -0.39 is 0 Å². The number of carbonyl (C=O) groups is 1. The molecule has 1 aliphatic heterocycles. The third kappa shape index (κ3) is 2.91. The maximum atomic E-state index is 11.5. The highest BCUT2D eigenvalue weighted by Gasteiger charge is 2.21. The number of rotatable bonds is 3. The van der Waals surface area contributed by atoms with Crippen LogP contribution in [0.3, 0.4) is 0 Å². The Balaban J connectivity index is 1.94. The number of benzene rings is 1. The van der Waals surface area contributed by atoms with Crippen LogP contribution in [-0.4, -0.2) is 23.0 Å². The van der Waals surface area contributed by atoms with E-state index in [2.05, 4.69) is 15.3 Å². The monoisotopic (exact) mass is 281 g/mol. The Hall–Kier alpha value is -2.69. The van der Waals surface area contributed by atoms with Crippen LogP contribution >= 0.6 is 0 Å². The number of nitrogens with one attached hydrogen (secondary N) is 1. The molecule has 3 rings (SSSR count). The normalized spacial score (nSPS) is 13.9. The molecule has 0 atom stereocenters. The number of amides is 1. The number of carbonyl (C=O) groups excluding carboxylic acids is 1. The van der Waals surface area contributed by atoms with Gasteiger partial charge < -0.3 is 10.1 Å². The number of anilines is 1. The Kier molecular flexibility index (Phi) is 3.64. The van der Waals surface area contributed by atoms with Gasteiger partial charge in [-0.1, -0.05) is 36.4 Å². The van der Waals surface area contributed by atoms with Crippen LogP contribution < -0.4 is 10.1 Å². The van der Waals surface area contributed by atoms with E-state index >= 15 is 0 Å². The van der Waals surface area contributed by atoms with Crippen molar-refractivity contribution in [3.05, 3.63) is 47.3 Å². The zero-order valence-corrected chi connectivity index (χ0v) is 11.7. The van der Waals surface area contributed by atoms with Crippen molar-refractivity contribution >= 4 is 23.9 Å². The summed E-state index contributed by atoms with van der Waals surface area (Å²) in [5, 5.41) is 2.77. The van der Waals surface area contributed by atoms with Crippen molar-refractivity contribution < 1.29 is 9.53 Å². The number of ether oxygens (including phenoxy) is 1. The van der Waals surface area contributed by atoms with Crippen molar-refractivity contribution in [1.29, 1.82) is 0 Å². The fraction of sp³-hybridized carbons (Fsp3) is 0.188. The first-order chi connectivity index (χ1) is 10.3. The maximum absolute atomic E-state index is 11.5. The van der Waals surface area contributed by atoms with Gasteiger partial charge in [-0.15, -0.1) is 0 Å². The Labute approximate surface area is 122 Å². The quantitative estimate of drug-likeness (QED) is 0.939. The number of hydrogen-bond donors (Lipinski definition) is 1. The highest BCUT2D eigenvalue weighted by atomic mass is 16.5. The Morgan fingerprint density at radius 1 is 1.14 bits per heavy atom. The Morgan fingerprint density at radius 2 is 1.95 bits per heavy atom. The van der Waals surface area contributed by atoms with Gasteiger partial charge in [-0.3, -0.25) is 4.79 Å². The first-order valence-corrected chi connectivity index (χ1v) is 6.74. The highest BCUT2D eigenvalue weighted by Crippen LogP contribution is 2.28. The molecule has 2 aromatic rings. The van der Waals surface area contributed by atoms with Crippen LogP contribution in [0.15, 0.2) is 30.3 Å². The molecule has 0 aliphatic carbocycles. The third-order valence-electron chi connectivity index (χ3n) is 3.26. The van der Waals surface area contributed by atoms with E-state index in [4.69, 9.17) is 4.74 Å². The predicted octanol–water partition coefficient (Wildman–Crippen LogP) is 2.54. The topological polar surface area (TPSA) is 64.1 Å². The molecule has 1 amide bonds. The van der Waals surface area contributed by atoms with Gasteiger partial charge in [0.15, 0.2) is 5.82 Å². The van der Waals surface area contributed by atoms with Crippen LogP contribution in [0.4, 0.5) is 5.82 Å². The molecule has 2 heterocycles. The molecule has 5 nitrogen and oxygen atoms in total. The molecule has 0 saturated carbocycles. The second kappa shape index (κ2) is 5.75. The summed E-state index contributed by atoms with van der Waals surface area (Å²) in [5.41, 5.74) is 1.91. The van der Waals surface area contributed by atoms with Gasteiger partial charge in [0.1, 0.15) is 5.82 Å². The highest BCUT2D eigenvalue weighted by molar-refractivity contribution is 5.93. The Bertz CT molecular complexity index is 696. The minimum absolute atomic E-state index is 0.0266. The third-order valence-corrected chi connectivity index (χ3v) is 3.26. The van der Waals surface area contributed by atoms with Crippen LogP contribution in [0.1, 0.15) is 23.4 Å². The lowest BCUT2D eigenvalue weighted by Crippen LogP contribution is -2.21. The van der Waals surface area contributed by atoms with Gasteiger partial charge in [0, 0.05) is 6.42 Å². The Morgan fingerprint density at radius 3 is 2.71 bits per heavy atom. The molecule has 0 radical (unpaired) electrons. The summed E-state index contributed by atoms with van der Waals surface area (Å²) < 4.78 is 5.30. The maximum Gasteiger partial charge on any atom is 0.225 e. The van der Waals surface area contributed by atoms with Crippen molar-refractivity contribution in [1.82, 2.24) is 9.97 Å². The molecule has 1 aromatic carbocycles. The smallest absolute Gasteiger partial charge is 0.225 e. The van der Waals surface area contributed by atoms with Crippen molar-refractivity contribution in [2.24, 2.45) is 0 Å². The lowest BCUT2D eigenvalue weighted by Gasteiger charge is -2.17. The zero-order chi connectivity index (χ0) is 14.7. The number of aromatic nitrogens is 2. The number of fused-ring (bicyclic) bond motifs is 1. The van der Waals surface area contributed by atoms with Gasteiger partial charge in [-0.2, -0.15) is 4.98 Å². The lowest BCUT2D eigenvalue weighted by atomic mass is 10.1. The van der Waals surface area contributed by atoms with Gasteiger partial charge in [-0.25, -0.2) is 4.98 Å². The molecule has 106 valence electrons. The molecule has 5 heteroatoms. The van der Waals surface area contributed by atoms with E-state index in [-0.39, 0.29) is 5.91 Å².